The molecule has 1 unspecified atom stereocenters. The average molecular weight is 715 g/mol. The summed E-state index contributed by atoms with van der Waals surface area (Å²) in [6.07, 6.45) is 2.89. The molecule has 288 valence electrons. The Hall–Kier alpha value is -2.73. The van der Waals surface area contributed by atoms with E-state index >= 15 is 0 Å². The number of hydrogen-bond acceptors (Lipinski definition) is 12. The summed E-state index contributed by atoms with van der Waals surface area (Å²) in [5.41, 5.74) is 0.505. The molecule has 16 nitrogen and oxygen atoms in total. The van der Waals surface area contributed by atoms with Crippen molar-refractivity contribution in [2.24, 2.45) is 16.7 Å². The van der Waals surface area contributed by atoms with Gasteiger partial charge in [0.05, 0.1) is 118 Å². The van der Waals surface area contributed by atoms with Gasteiger partial charge in [-0.15, -0.1) is 5.10 Å². The molecular weight excluding hydrogens is 652 g/mol. The lowest BCUT2D eigenvalue weighted by atomic mass is 9.80. The fourth-order valence-electron chi connectivity index (χ4n) is 4.64. The van der Waals surface area contributed by atoms with Crippen molar-refractivity contribution < 1.29 is 47.5 Å². The van der Waals surface area contributed by atoms with Crippen LogP contribution in [0.25, 0.3) is 0 Å². The van der Waals surface area contributed by atoms with Gasteiger partial charge in [0, 0.05) is 19.5 Å². The number of imide groups is 1. The van der Waals surface area contributed by atoms with E-state index in [1.165, 1.54) is 4.90 Å². The zero-order valence-corrected chi connectivity index (χ0v) is 31.2. The first-order chi connectivity index (χ1) is 23.9. The molecule has 2 N–H and O–H groups in total. The fraction of sp³-hybridized carbons (Fsp3) is 0.853. The van der Waals surface area contributed by atoms with Crippen LogP contribution in [-0.4, -0.2) is 143 Å². The number of amides is 4. The van der Waals surface area contributed by atoms with Gasteiger partial charge in [0.15, 0.2) is 0 Å². The molecule has 16 heteroatoms. The zero-order chi connectivity index (χ0) is 36.7. The number of aromatic nitrogens is 3. The number of nitrogens with one attached hydrogen (secondary N) is 2. The van der Waals surface area contributed by atoms with Crippen LogP contribution in [0, 0.1) is 16.7 Å². The third-order valence-electron chi connectivity index (χ3n) is 7.58. The number of urea groups is 1. The van der Waals surface area contributed by atoms with Crippen molar-refractivity contribution in [3.05, 3.63) is 11.9 Å². The van der Waals surface area contributed by atoms with E-state index in [0.717, 1.165) is 6.42 Å². The molecule has 0 bridgehead atoms. The molecule has 0 saturated carbocycles. The Balaban J connectivity index is 1.28. The van der Waals surface area contributed by atoms with Crippen molar-refractivity contribution in [2.45, 2.75) is 67.5 Å². The van der Waals surface area contributed by atoms with Crippen molar-refractivity contribution in [3.8, 4) is 0 Å². The highest BCUT2D eigenvalue weighted by Crippen LogP contribution is 2.35. The lowest BCUT2D eigenvalue weighted by molar-refractivity contribution is -0.141. The Labute approximate surface area is 297 Å². The molecule has 50 heavy (non-hydrogen) atoms. The minimum absolute atomic E-state index is 0.137. The molecule has 1 aromatic heterocycles. The third kappa shape index (κ3) is 20.2. The summed E-state index contributed by atoms with van der Waals surface area (Å²) in [5, 5.41) is 13.8. The maximum Gasteiger partial charge on any atom is 0.314 e. The van der Waals surface area contributed by atoms with Gasteiger partial charge in [-0.05, 0) is 17.3 Å². The van der Waals surface area contributed by atoms with Gasteiger partial charge in [-0.3, -0.25) is 14.5 Å². The Morgan fingerprint density at radius 2 is 1.18 bits per heavy atom. The van der Waals surface area contributed by atoms with E-state index in [9.17, 15) is 14.4 Å². The molecule has 1 saturated heterocycles. The predicted octanol–water partition coefficient (Wildman–Crippen LogP) is 2.05. The summed E-state index contributed by atoms with van der Waals surface area (Å²) in [6.45, 7) is 20.5. The molecule has 1 atom stereocenters. The van der Waals surface area contributed by atoms with Gasteiger partial charge in [-0.1, -0.05) is 46.8 Å². The Morgan fingerprint density at radius 3 is 1.64 bits per heavy atom. The van der Waals surface area contributed by atoms with Gasteiger partial charge in [-0.2, -0.15) is 0 Å². The quantitative estimate of drug-likeness (QED) is 0.0957. The molecule has 1 aliphatic heterocycles. The van der Waals surface area contributed by atoms with Gasteiger partial charge in [0.1, 0.15) is 5.69 Å². The summed E-state index contributed by atoms with van der Waals surface area (Å²) in [4.78, 5) is 38.0. The number of rotatable bonds is 28. The molecule has 0 aromatic carbocycles. The van der Waals surface area contributed by atoms with E-state index in [4.69, 9.17) is 33.2 Å². The molecule has 0 radical (unpaired) electrons. The molecule has 2 rings (SSSR count). The molecule has 0 spiro atoms. The number of nitrogens with zero attached hydrogens (tertiary/aromatic N) is 4. The van der Waals surface area contributed by atoms with Crippen LogP contribution < -0.4 is 10.6 Å². The van der Waals surface area contributed by atoms with Crippen molar-refractivity contribution in [2.75, 3.05) is 106 Å². The van der Waals surface area contributed by atoms with E-state index in [1.807, 2.05) is 20.8 Å². The van der Waals surface area contributed by atoms with Crippen LogP contribution in [-0.2, 0) is 55.8 Å². The van der Waals surface area contributed by atoms with Crippen LogP contribution in [0.4, 0.5) is 4.79 Å². The smallest absolute Gasteiger partial charge is 0.314 e. The first kappa shape index (κ1) is 43.4. The van der Waals surface area contributed by atoms with Gasteiger partial charge in [-0.25, -0.2) is 9.48 Å². The summed E-state index contributed by atoms with van der Waals surface area (Å²) in [5.74, 6) is -0.614. The molecule has 2 heterocycles. The molecule has 1 aliphatic rings. The highest BCUT2D eigenvalue weighted by molar-refractivity contribution is 6.03. The molecular formula is C34H62N6O10. The molecule has 0 aliphatic carbocycles. The van der Waals surface area contributed by atoms with Crippen molar-refractivity contribution in [1.29, 1.82) is 0 Å². The van der Waals surface area contributed by atoms with Crippen molar-refractivity contribution in [1.82, 2.24) is 30.5 Å². The van der Waals surface area contributed by atoms with E-state index in [2.05, 4.69) is 41.7 Å². The van der Waals surface area contributed by atoms with Crippen LogP contribution in [0.1, 0.15) is 60.1 Å². The fourth-order valence-corrected chi connectivity index (χ4v) is 4.64. The third-order valence-corrected chi connectivity index (χ3v) is 7.58. The Bertz CT molecular complexity index is 1090. The van der Waals surface area contributed by atoms with Crippen LogP contribution in [0.3, 0.4) is 0 Å². The zero-order valence-electron chi connectivity index (χ0n) is 31.2. The standard InChI is InChI=1S/C34H62N6O10/c1-33(2,3)7-8-35-32(43)36-9-11-44-13-15-46-17-19-48-21-23-50-24-22-49-20-18-47-16-14-45-12-10-39-26-28(37-38-39)27-40-30(41)25-29(31(40)42)34(4,5)6/h26,29H,7-25,27H2,1-6H3,(H2,35,36,43). The normalized spacial score (nSPS) is 15.3. The van der Waals surface area contributed by atoms with Crippen LogP contribution >= 0.6 is 0 Å². The first-order valence-electron chi connectivity index (χ1n) is 17.7. The largest absolute Gasteiger partial charge is 0.377 e. The summed E-state index contributed by atoms with van der Waals surface area (Å²) in [6, 6.07) is -0.175. The number of hydrogen-bond donors (Lipinski definition) is 2. The Morgan fingerprint density at radius 1 is 0.720 bits per heavy atom. The van der Waals surface area contributed by atoms with Crippen LogP contribution in [0.5, 0.6) is 0 Å². The van der Waals surface area contributed by atoms with E-state index in [0.29, 0.717) is 118 Å². The van der Waals surface area contributed by atoms with Crippen molar-refractivity contribution >= 4 is 17.8 Å². The highest BCUT2D eigenvalue weighted by Gasteiger charge is 2.44. The number of carbonyl (C=O) groups is 3. The maximum atomic E-state index is 12.7. The van der Waals surface area contributed by atoms with E-state index in [1.54, 1.807) is 10.9 Å². The van der Waals surface area contributed by atoms with Gasteiger partial charge >= 0.3 is 6.03 Å². The summed E-state index contributed by atoms with van der Waals surface area (Å²) >= 11 is 0. The average Bonchev–Trinajstić information content (AvgIpc) is 3.61. The Kier molecular flexibility index (Phi) is 21.2. The van der Waals surface area contributed by atoms with Crippen molar-refractivity contribution in [3.63, 3.8) is 0 Å². The monoisotopic (exact) mass is 714 g/mol. The topological polar surface area (TPSA) is 174 Å². The highest BCUT2D eigenvalue weighted by atomic mass is 16.6. The summed E-state index contributed by atoms with van der Waals surface area (Å²) in [7, 11) is 0. The van der Waals surface area contributed by atoms with Gasteiger partial charge in [0.25, 0.3) is 0 Å². The molecule has 1 fully saturated rings. The van der Waals surface area contributed by atoms with Gasteiger partial charge < -0.3 is 43.8 Å². The van der Waals surface area contributed by atoms with E-state index < -0.39 is 0 Å². The number of ether oxygens (including phenoxy) is 7. The maximum absolute atomic E-state index is 12.7. The SMILES string of the molecule is CC(C)(C)CCNC(=O)NCCOCCOCCOCCOCCOCCOCCOCCn1cc(CN2C(=O)CC(C(C)(C)C)C2=O)nn1. The lowest BCUT2D eigenvalue weighted by Gasteiger charge is -2.24. The molecule has 1 aromatic rings. The van der Waals surface area contributed by atoms with Crippen LogP contribution in [0.2, 0.25) is 0 Å². The lowest BCUT2D eigenvalue weighted by Crippen LogP contribution is -2.38. The number of carbonyl (C=O) groups excluding carboxylic acids is 3. The second kappa shape index (κ2) is 24.5. The number of likely N-dealkylation sites (tertiary alicyclic amines) is 1. The second-order valence-corrected chi connectivity index (χ2v) is 14.2. The second-order valence-electron chi connectivity index (χ2n) is 14.2. The predicted molar refractivity (Wildman–Crippen MR) is 184 cm³/mol. The minimum Gasteiger partial charge on any atom is -0.377 e. The molecule has 4 amide bonds. The first-order valence-corrected chi connectivity index (χ1v) is 17.7. The van der Waals surface area contributed by atoms with Crippen LogP contribution in [0.15, 0.2) is 6.20 Å². The minimum atomic E-state index is -0.305. The van der Waals surface area contributed by atoms with E-state index in [-0.39, 0.29) is 47.6 Å². The summed E-state index contributed by atoms with van der Waals surface area (Å²) < 4.78 is 40.1. The van der Waals surface area contributed by atoms with Gasteiger partial charge in [0.2, 0.25) is 11.8 Å².